The first kappa shape index (κ1) is 15.7. The van der Waals surface area contributed by atoms with Crippen molar-refractivity contribution in [1.29, 1.82) is 0 Å². The van der Waals surface area contributed by atoms with Gasteiger partial charge in [-0.25, -0.2) is 4.39 Å². The minimum Gasteiger partial charge on any atom is -0.313 e. The molecule has 0 heterocycles. The highest BCUT2D eigenvalue weighted by Crippen LogP contribution is 2.31. The molecule has 0 saturated heterocycles. The predicted molar refractivity (Wildman–Crippen MR) is 88.0 cm³/mol. The van der Waals surface area contributed by atoms with Gasteiger partial charge in [0.2, 0.25) is 0 Å². The zero-order valence-electron chi connectivity index (χ0n) is 13.4. The summed E-state index contributed by atoms with van der Waals surface area (Å²) in [7, 11) is 0. The maximum Gasteiger partial charge on any atom is 0.131 e. The third-order valence-corrected chi connectivity index (χ3v) is 3.73. The first-order valence-corrected chi connectivity index (χ1v) is 7.60. The molecule has 1 N–H and O–H groups in total. The summed E-state index contributed by atoms with van der Waals surface area (Å²) in [6, 6.07) is 9.65. The van der Waals surface area contributed by atoms with Crippen molar-refractivity contribution in [2.45, 2.75) is 40.7 Å². The molecule has 0 aliphatic heterocycles. The molecule has 0 aliphatic carbocycles. The monoisotopic (exact) mass is 285 g/mol. The third-order valence-electron chi connectivity index (χ3n) is 3.73. The fraction of sp³-hybridized carbons (Fsp3) is 0.368. The summed E-state index contributed by atoms with van der Waals surface area (Å²) in [6.45, 7) is 10.1. The Morgan fingerprint density at radius 2 is 1.67 bits per heavy atom. The topological polar surface area (TPSA) is 12.0 Å². The van der Waals surface area contributed by atoms with Crippen molar-refractivity contribution in [3.05, 3.63) is 58.4 Å². The minimum absolute atomic E-state index is 0.149. The van der Waals surface area contributed by atoms with E-state index in [4.69, 9.17) is 0 Å². The van der Waals surface area contributed by atoms with Crippen LogP contribution in [0.3, 0.4) is 0 Å². The molecule has 0 unspecified atom stereocenters. The third kappa shape index (κ3) is 3.70. The van der Waals surface area contributed by atoms with E-state index in [1.165, 1.54) is 5.56 Å². The van der Waals surface area contributed by atoms with E-state index in [1.807, 2.05) is 12.1 Å². The van der Waals surface area contributed by atoms with Crippen LogP contribution in [0.1, 0.15) is 35.6 Å². The smallest absolute Gasteiger partial charge is 0.131 e. The molecule has 0 spiro atoms. The summed E-state index contributed by atoms with van der Waals surface area (Å²) >= 11 is 0. The Bertz CT molecular complexity index is 608. The number of halogens is 1. The lowest BCUT2D eigenvalue weighted by Gasteiger charge is -2.14. The Hall–Kier alpha value is -1.67. The molecule has 0 saturated carbocycles. The quantitative estimate of drug-likeness (QED) is 0.769. The molecular weight excluding hydrogens is 261 g/mol. The molecule has 0 fully saturated rings. The van der Waals surface area contributed by atoms with Crippen LogP contribution in [-0.2, 0) is 6.54 Å². The molecule has 2 rings (SSSR count). The van der Waals surface area contributed by atoms with Gasteiger partial charge in [-0.05, 0) is 68.1 Å². The lowest BCUT2D eigenvalue weighted by molar-refractivity contribution is 0.627. The van der Waals surface area contributed by atoms with Crippen LogP contribution in [0.25, 0.3) is 11.1 Å². The van der Waals surface area contributed by atoms with E-state index >= 15 is 0 Å². The van der Waals surface area contributed by atoms with Gasteiger partial charge in [0.05, 0.1) is 0 Å². The van der Waals surface area contributed by atoms with Crippen LogP contribution in [-0.4, -0.2) is 6.54 Å². The van der Waals surface area contributed by atoms with Crippen molar-refractivity contribution in [2.75, 3.05) is 6.54 Å². The second-order valence-electron chi connectivity index (χ2n) is 5.76. The molecule has 0 aromatic heterocycles. The lowest BCUT2D eigenvalue weighted by Crippen LogP contribution is -2.13. The van der Waals surface area contributed by atoms with Gasteiger partial charge in [0.1, 0.15) is 5.82 Å². The van der Waals surface area contributed by atoms with Crippen LogP contribution in [0.2, 0.25) is 0 Å². The van der Waals surface area contributed by atoms with E-state index < -0.39 is 0 Å². The Morgan fingerprint density at radius 3 is 2.29 bits per heavy atom. The molecule has 0 atom stereocenters. The molecule has 2 aromatic rings. The van der Waals surface area contributed by atoms with Gasteiger partial charge in [-0.2, -0.15) is 0 Å². The standard InChI is InChI=1S/C19H24FN/c1-5-8-21-12-16-6-7-18(20)17(11-16)19-14(3)9-13(2)10-15(19)4/h6-7,9-11,21H,5,8,12H2,1-4H3. The van der Waals surface area contributed by atoms with Crippen LogP contribution in [0.4, 0.5) is 4.39 Å². The fourth-order valence-corrected chi connectivity index (χ4v) is 2.89. The molecule has 1 nitrogen and oxygen atoms in total. The molecule has 2 heteroatoms. The average molecular weight is 285 g/mol. The van der Waals surface area contributed by atoms with Crippen LogP contribution in [0.15, 0.2) is 30.3 Å². The van der Waals surface area contributed by atoms with Crippen LogP contribution < -0.4 is 5.32 Å². The Morgan fingerprint density at radius 1 is 1.00 bits per heavy atom. The molecule has 112 valence electrons. The Balaban J connectivity index is 2.41. The van der Waals surface area contributed by atoms with Gasteiger partial charge in [0, 0.05) is 12.1 Å². The highest BCUT2D eigenvalue weighted by atomic mass is 19.1. The van der Waals surface area contributed by atoms with Gasteiger partial charge in [-0.15, -0.1) is 0 Å². The Kier molecular flexibility index (Phi) is 5.13. The average Bonchev–Trinajstić information content (AvgIpc) is 2.41. The zero-order valence-corrected chi connectivity index (χ0v) is 13.4. The second kappa shape index (κ2) is 6.86. The van der Waals surface area contributed by atoms with Crippen molar-refractivity contribution in [2.24, 2.45) is 0 Å². The van der Waals surface area contributed by atoms with Crippen molar-refractivity contribution < 1.29 is 4.39 Å². The number of aryl methyl sites for hydroxylation is 3. The van der Waals surface area contributed by atoms with E-state index in [-0.39, 0.29) is 5.82 Å². The number of benzene rings is 2. The van der Waals surface area contributed by atoms with Gasteiger partial charge in [-0.1, -0.05) is 30.7 Å². The molecule has 2 aromatic carbocycles. The zero-order chi connectivity index (χ0) is 15.4. The normalized spacial score (nSPS) is 10.9. The largest absolute Gasteiger partial charge is 0.313 e. The highest BCUT2D eigenvalue weighted by molar-refractivity contribution is 5.72. The summed E-state index contributed by atoms with van der Waals surface area (Å²) in [4.78, 5) is 0. The summed E-state index contributed by atoms with van der Waals surface area (Å²) < 4.78 is 14.3. The van der Waals surface area contributed by atoms with Crippen molar-refractivity contribution >= 4 is 0 Å². The van der Waals surface area contributed by atoms with Gasteiger partial charge >= 0.3 is 0 Å². The highest BCUT2D eigenvalue weighted by Gasteiger charge is 2.12. The van der Waals surface area contributed by atoms with E-state index in [1.54, 1.807) is 6.07 Å². The van der Waals surface area contributed by atoms with Crippen LogP contribution in [0.5, 0.6) is 0 Å². The van der Waals surface area contributed by atoms with Crippen molar-refractivity contribution in [1.82, 2.24) is 5.32 Å². The lowest BCUT2D eigenvalue weighted by atomic mass is 9.92. The van der Waals surface area contributed by atoms with Crippen LogP contribution >= 0.6 is 0 Å². The first-order valence-electron chi connectivity index (χ1n) is 7.60. The van der Waals surface area contributed by atoms with Gasteiger partial charge in [0.15, 0.2) is 0 Å². The summed E-state index contributed by atoms with van der Waals surface area (Å²) in [5, 5.41) is 3.37. The van der Waals surface area contributed by atoms with E-state index in [2.05, 4.69) is 45.1 Å². The van der Waals surface area contributed by atoms with E-state index in [0.717, 1.165) is 41.8 Å². The second-order valence-corrected chi connectivity index (χ2v) is 5.76. The molecule has 0 aliphatic rings. The molecular formula is C19H24FN. The number of nitrogens with one attached hydrogen (secondary N) is 1. The van der Waals surface area contributed by atoms with Crippen molar-refractivity contribution in [3.63, 3.8) is 0 Å². The molecule has 0 radical (unpaired) electrons. The summed E-state index contributed by atoms with van der Waals surface area (Å²) in [5.41, 5.74) is 6.33. The van der Waals surface area contributed by atoms with Crippen LogP contribution in [0, 0.1) is 26.6 Å². The van der Waals surface area contributed by atoms with Gasteiger partial charge in [-0.3, -0.25) is 0 Å². The molecule has 0 bridgehead atoms. The maximum absolute atomic E-state index is 14.3. The SMILES string of the molecule is CCCNCc1ccc(F)c(-c2c(C)cc(C)cc2C)c1. The molecule has 21 heavy (non-hydrogen) atoms. The number of hydrogen-bond donors (Lipinski definition) is 1. The summed E-state index contributed by atoms with van der Waals surface area (Å²) in [6.07, 6.45) is 1.10. The van der Waals surface area contributed by atoms with Gasteiger partial charge < -0.3 is 5.32 Å². The minimum atomic E-state index is -0.149. The first-order chi connectivity index (χ1) is 10.0. The predicted octanol–water partition coefficient (Wildman–Crippen LogP) is 4.92. The fourth-order valence-electron chi connectivity index (χ4n) is 2.89. The number of hydrogen-bond acceptors (Lipinski definition) is 1. The van der Waals surface area contributed by atoms with E-state index in [9.17, 15) is 4.39 Å². The Labute approximate surface area is 127 Å². The van der Waals surface area contributed by atoms with E-state index in [0.29, 0.717) is 5.56 Å². The van der Waals surface area contributed by atoms with Gasteiger partial charge in [0.25, 0.3) is 0 Å². The maximum atomic E-state index is 14.3. The number of rotatable bonds is 5. The van der Waals surface area contributed by atoms with Crippen molar-refractivity contribution in [3.8, 4) is 11.1 Å². The molecule has 0 amide bonds. The summed E-state index contributed by atoms with van der Waals surface area (Å²) in [5.74, 6) is -0.149.